The van der Waals surface area contributed by atoms with Gasteiger partial charge in [0.2, 0.25) is 0 Å². The first-order valence-corrected chi connectivity index (χ1v) is 8.49. The van der Waals surface area contributed by atoms with Gasteiger partial charge < -0.3 is 10.0 Å². The highest BCUT2D eigenvalue weighted by Crippen LogP contribution is 2.57. The van der Waals surface area contributed by atoms with Crippen molar-refractivity contribution in [2.75, 3.05) is 13.6 Å². The number of piperidine rings is 1. The van der Waals surface area contributed by atoms with Gasteiger partial charge in [0.1, 0.15) is 11.5 Å². The number of fused-ring (bicyclic) bond motifs is 1. The summed E-state index contributed by atoms with van der Waals surface area (Å²) in [5, 5.41) is 10.0. The van der Waals surface area contributed by atoms with E-state index in [0.29, 0.717) is 35.8 Å². The molecule has 2 bridgehead atoms. The van der Waals surface area contributed by atoms with Crippen LogP contribution in [0.4, 0.5) is 0 Å². The molecule has 3 nitrogen and oxygen atoms in total. The molecule has 118 valence electrons. The molecule has 3 heteroatoms. The molecule has 2 fully saturated rings. The number of hydrogen-bond acceptors (Lipinski definition) is 3. The summed E-state index contributed by atoms with van der Waals surface area (Å²) in [6, 6.07) is 6.33. The van der Waals surface area contributed by atoms with Gasteiger partial charge in [-0.25, -0.2) is 0 Å². The van der Waals surface area contributed by atoms with Crippen molar-refractivity contribution in [2.24, 2.45) is 17.8 Å². The van der Waals surface area contributed by atoms with E-state index in [9.17, 15) is 9.90 Å². The van der Waals surface area contributed by atoms with Gasteiger partial charge in [-0.1, -0.05) is 19.9 Å². The SMILES string of the molecule is C[C@@H]1[C@@H](C)C(=O)CC23CCN(C)C(Cc4ccc(O)cc42)[C@@H]13. The lowest BCUT2D eigenvalue weighted by Crippen LogP contribution is -2.64. The van der Waals surface area contributed by atoms with E-state index in [0.717, 1.165) is 19.4 Å². The Morgan fingerprint density at radius 1 is 1.32 bits per heavy atom. The monoisotopic (exact) mass is 299 g/mol. The van der Waals surface area contributed by atoms with Crippen molar-refractivity contribution >= 4 is 5.78 Å². The number of benzene rings is 1. The fourth-order valence-corrected chi connectivity index (χ4v) is 5.61. The smallest absolute Gasteiger partial charge is 0.136 e. The Balaban J connectivity index is 1.94. The van der Waals surface area contributed by atoms with Crippen LogP contribution in [0.25, 0.3) is 0 Å². The maximum atomic E-state index is 12.7. The highest BCUT2D eigenvalue weighted by molar-refractivity contribution is 5.84. The third-order valence-electron chi connectivity index (χ3n) is 6.94. The van der Waals surface area contributed by atoms with Crippen molar-refractivity contribution in [3.63, 3.8) is 0 Å². The maximum Gasteiger partial charge on any atom is 0.136 e. The van der Waals surface area contributed by atoms with Gasteiger partial charge in [0.05, 0.1) is 0 Å². The van der Waals surface area contributed by atoms with Crippen molar-refractivity contribution in [1.82, 2.24) is 4.90 Å². The first-order chi connectivity index (χ1) is 10.4. The number of hydrogen-bond donors (Lipinski definition) is 1. The molecular weight excluding hydrogens is 274 g/mol. The molecule has 0 amide bonds. The number of ketones is 1. The number of nitrogens with zero attached hydrogens (tertiary/aromatic N) is 1. The molecule has 1 N–H and O–H groups in total. The van der Waals surface area contributed by atoms with Crippen LogP contribution in [0.5, 0.6) is 5.75 Å². The van der Waals surface area contributed by atoms with Crippen LogP contribution < -0.4 is 0 Å². The first kappa shape index (κ1) is 14.3. The van der Waals surface area contributed by atoms with Crippen LogP contribution in [0.1, 0.15) is 37.8 Å². The van der Waals surface area contributed by atoms with Gasteiger partial charge >= 0.3 is 0 Å². The number of carbonyl (C=O) groups is 1. The minimum atomic E-state index is -0.0491. The van der Waals surface area contributed by atoms with Crippen molar-refractivity contribution in [2.45, 2.75) is 44.6 Å². The van der Waals surface area contributed by atoms with Gasteiger partial charge in [-0.05, 0) is 61.5 Å². The lowest BCUT2D eigenvalue weighted by molar-refractivity contribution is -0.137. The van der Waals surface area contributed by atoms with Crippen LogP contribution in [0, 0.1) is 17.8 Å². The molecule has 3 aliphatic rings. The standard InChI is InChI=1S/C19H25NO2/c1-11-12(2)18-16-8-13-4-5-14(21)9-15(13)19(18,10-17(11)22)6-7-20(16)3/h4-5,9,11-12,16,18,21H,6-8,10H2,1-3H3/t11-,12-,16?,18-,19?/m1/s1. The second-order valence-corrected chi connectivity index (χ2v) is 7.82. The van der Waals surface area contributed by atoms with Crippen LogP contribution in [0.15, 0.2) is 18.2 Å². The highest BCUT2D eigenvalue weighted by atomic mass is 16.3. The average molecular weight is 299 g/mol. The molecule has 2 aliphatic carbocycles. The molecule has 1 aromatic rings. The van der Waals surface area contributed by atoms with Crippen molar-refractivity contribution < 1.29 is 9.90 Å². The van der Waals surface area contributed by atoms with Gasteiger partial charge in [-0.2, -0.15) is 0 Å². The van der Waals surface area contributed by atoms with Gasteiger partial charge in [0.15, 0.2) is 0 Å². The molecule has 0 radical (unpaired) electrons. The van der Waals surface area contributed by atoms with Gasteiger partial charge in [-0.15, -0.1) is 0 Å². The molecule has 4 rings (SSSR count). The maximum absolute atomic E-state index is 12.7. The summed E-state index contributed by atoms with van der Waals surface area (Å²) in [6.07, 6.45) is 2.73. The number of carbonyl (C=O) groups excluding carboxylic acids is 1. The predicted octanol–water partition coefficient (Wildman–Crippen LogP) is 2.75. The third-order valence-corrected chi connectivity index (χ3v) is 6.94. The molecular formula is C19H25NO2. The molecule has 1 saturated heterocycles. The van der Waals surface area contributed by atoms with E-state index in [4.69, 9.17) is 0 Å². The van der Waals surface area contributed by atoms with Crippen molar-refractivity contribution in [3.8, 4) is 5.75 Å². The van der Waals surface area contributed by atoms with Crippen LogP contribution >= 0.6 is 0 Å². The summed E-state index contributed by atoms with van der Waals surface area (Å²) in [5.41, 5.74) is 2.54. The Morgan fingerprint density at radius 3 is 2.86 bits per heavy atom. The summed E-state index contributed by atoms with van der Waals surface area (Å²) in [5.74, 6) is 1.83. The van der Waals surface area contributed by atoms with Crippen molar-refractivity contribution in [3.05, 3.63) is 29.3 Å². The molecule has 2 unspecified atom stereocenters. The van der Waals surface area contributed by atoms with Gasteiger partial charge in [0, 0.05) is 23.8 Å². The summed E-state index contributed by atoms with van der Waals surface area (Å²) < 4.78 is 0. The fourth-order valence-electron chi connectivity index (χ4n) is 5.61. The Labute approximate surface area is 132 Å². The van der Waals surface area contributed by atoms with E-state index >= 15 is 0 Å². The molecule has 1 aromatic carbocycles. The van der Waals surface area contributed by atoms with E-state index in [-0.39, 0.29) is 11.3 Å². The summed E-state index contributed by atoms with van der Waals surface area (Å²) in [4.78, 5) is 15.2. The summed E-state index contributed by atoms with van der Waals surface area (Å²) >= 11 is 0. The van der Waals surface area contributed by atoms with E-state index in [1.54, 1.807) is 6.07 Å². The van der Waals surface area contributed by atoms with E-state index in [1.165, 1.54) is 11.1 Å². The Bertz CT molecular complexity index is 640. The van der Waals surface area contributed by atoms with Gasteiger partial charge in [0.25, 0.3) is 0 Å². The Hall–Kier alpha value is -1.35. The number of rotatable bonds is 0. The largest absolute Gasteiger partial charge is 0.508 e. The lowest BCUT2D eigenvalue weighted by atomic mass is 9.48. The minimum Gasteiger partial charge on any atom is -0.508 e. The molecule has 0 aromatic heterocycles. The average Bonchev–Trinajstić information content (AvgIpc) is 2.49. The number of phenolic OH excluding ortho intramolecular Hbond substituents is 1. The fraction of sp³-hybridized carbons (Fsp3) is 0.632. The number of likely N-dealkylation sites (N-methyl/N-ethyl adjacent to an activating group) is 1. The van der Waals surface area contributed by atoms with E-state index < -0.39 is 0 Å². The quantitative estimate of drug-likeness (QED) is 0.801. The highest BCUT2D eigenvalue weighted by Gasteiger charge is 2.58. The molecule has 0 spiro atoms. The Morgan fingerprint density at radius 2 is 2.09 bits per heavy atom. The number of Topliss-reactive ketones (excluding diaryl/α,β-unsaturated/α-hetero) is 1. The van der Waals surface area contributed by atoms with Gasteiger partial charge in [-0.3, -0.25) is 4.79 Å². The van der Waals surface area contributed by atoms with Crippen LogP contribution in [0.3, 0.4) is 0 Å². The molecule has 1 aliphatic heterocycles. The zero-order chi connectivity index (χ0) is 15.6. The van der Waals surface area contributed by atoms with E-state index in [1.807, 2.05) is 6.07 Å². The normalized spacial score (nSPS) is 41.0. The molecule has 5 atom stereocenters. The van der Waals surface area contributed by atoms with E-state index in [2.05, 4.69) is 31.9 Å². The van der Waals surface area contributed by atoms with Crippen molar-refractivity contribution in [1.29, 1.82) is 0 Å². The minimum absolute atomic E-state index is 0.0491. The zero-order valence-corrected chi connectivity index (χ0v) is 13.7. The molecule has 1 heterocycles. The topological polar surface area (TPSA) is 40.5 Å². The van der Waals surface area contributed by atoms with Crippen LogP contribution in [0.2, 0.25) is 0 Å². The Kier molecular flexibility index (Phi) is 2.96. The number of phenols is 1. The lowest BCUT2D eigenvalue weighted by Gasteiger charge is -2.61. The molecule has 22 heavy (non-hydrogen) atoms. The second-order valence-electron chi connectivity index (χ2n) is 7.82. The summed E-state index contributed by atoms with van der Waals surface area (Å²) in [7, 11) is 2.23. The number of aromatic hydroxyl groups is 1. The number of likely N-dealkylation sites (tertiary alicyclic amines) is 1. The third kappa shape index (κ3) is 1.69. The molecule has 1 saturated carbocycles. The second kappa shape index (κ2) is 4.58. The zero-order valence-electron chi connectivity index (χ0n) is 13.7. The first-order valence-electron chi connectivity index (χ1n) is 8.49. The predicted molar refractivity (Wildman–Crippen MR) is 86.0 cm³/mol. The summed E-state index contributed by atoms with van der Waals surface area (Å²) in [6.45, 7) is 5.42. The van der Waals surface area contributed by atoms with Crippen LogP contribution in [-0.2, 0) is 16.6 Å². The van der Waals surface area contributed by atoms with Crippen LogP contribution in [-0.4, -0.2) is 35.4 Å².